The van der Waals surface area contributed by atoms with Gasteiger partial charge in [0.25, 0.3) is 0 Å². The van der Waals surface area contributed by atoms with Gasteiger partial charge in [-0.3, -0.25) is 5.43 Å². The van der Waals surface area contributed by atoms with Gasteiger partial charge in [-0.25, -0.2) is 0 Å². The van der Waals surface area contributed by atoms with Crippen LogP contribution in [-0.2, 0) is 0 Å². The third kappa shape index (κ3) is 2.36. The average Bonchev–Trinajstić information content (AvgIpc) is 1.90. The Morgan fingerprint density at radius 1 is 1.60 bits per heavy atom. The summed E-state index contributed by atoms with van der Waals surface area (Å²) in [4.78, 5) is 0. The average molecular weight is 181 g/mol. The molecule has 0 radical (unpaired) electrons. The minimum absolute atomic E-state index is 0. The lowest BCUT2D eigenvalue weighted by Crippen LogP contribution is -2.37. The van der Waals surface area contributed by atoms with Gasteiger partial charge in [0.15, 0.2) is 0 Å². The van der Waals surface area contributed by atoms with E-state index in [1.807, 2.05) is 12.3 Å². The predicted octanol–water partition coefficient (Wildman–Crippen LogP) is 0.340. The number of nitrogens with one attached hydrogen (secondary N) is 2. The topological polar surface area (TPSA) is 62.4 Å². The first kappa shape index (κ1) is 9.45. The summed E-state index contributed by atoms with van der Waals surface area (Å²) in [5, 5.41) is 6.06. The molecule has 6 heteroatoms. The maximum atomic E-state index is 4.98. The lowest BCUT2D eigenvalue weighted by atomic mass is 10.6. The molecule has 0 spiro atoms. The second-order valence-electron chi connectivity index (χ2n) is 1.60. The van der Waals surface area contributed by atoms with E-state index in [9.17, 15) is 0 Å². The summed E-state index contributed by atoms with van der Waals surface area (Å²) in [5.74, 6) is 4.98. The van der Waals surface area contributed by atoms with Gasteiger partial charge in [0.2, 0.25) is 5.17 Å². The van der Waals surface area contributed by atoms with Crippen LogP contribution < -0.4 is 16.7 Å². The normalized spacial score (nSPS) is 20.1. The Labute approximate surface area is 69.7 Å². The number of nitrogens with two attached hydrogens (primary N) is 1. The maximum Gasteiger partial charge on any atom is 0.202 e. The number of allylic oxidation sites excluding steroid dienone is 1. The van der Waals surface area contributed by atoms with Crippen molar-refractivity contribution in [3.05, 3.63) is 11.1 Å². The molecule has 1 rings (SSSR count). The summed E-state index contributed by atoms with van der Waals surface area (Å²) >= 11 is 1.46. The van der Waals surface area contributed by atoms with Crippen LogP contribution in [0, 0.1) is 0 Å². The van der Waals surface area contributed by atoms with Crippen LogP contribution in [0.4, 0.5) is 0 Å². The number of rotatable bonds is 0. The molecule has 0 aliphatic carbocycles. The molecule has 0 fully saturated rings. The van der Waals surface area contributed by atoms with Crippen molar-refractivity contribution in [1.29, 1.82) is 0 Å². The van der Waals surface area contributed by atoms with Crippen LogP contribution >= 0.6 is 24.2 Å². The number of amidine groups is 1. The van der Waals surface area contributed by atoms with Gasteiger partial charge in [-0.2, -0.15) is 5.10 Å². The highest BCUT2D eigenvalue weighted by Crippen LogP contribution is 2.08. The van der Waals surface area contributed by atoms with Gasteiger partial charge in [0.05, 0.1) is 0 Å². The molecular weight excluding hydrogens is 172 g/mol. The van der Waals surface area contributed by atoms with E-state index < -0.39 is 0 Å². The largest absolute Gasteiger partial charge is 0.321 e. The van der Waals surface area contributed by atoms with Gasteiger partial charge in [0.1, 0.15) is 0 Å². The summed E-state index contributed by atoms with van der Waals surface area (Å²) in [6.45, 7) is 1.95. The number of hydrazone groups is 1. The summed E-state index contributed by atoms with van der Waals surface area (Å²) in [6.07, 6.45) is 0. The molecule has 0 atom stereocenters. The van der Waals surface area contributed by atoms with Gasteiger partial charge < -0.3 is 11.3 Å². The Morgan fingerprint density at radius 3 is 2.70 bits per heavy atom. The Balaban J connectivity index is 0.000000810. The quantitative estimate of drug-likeness (QED) is 0.372. The Morgan fingerprint density at radius 2 is 2.30 bits per heavy atom. The molecule has 0 aromatic carbocycles. The zero-order valence-corrected chi connectivity index (χ0v) is 7.05. The monoisotopic (exact) mass is 180 g/mol. The molecule has 0 aromatic rings. The van der Waals surface area contributed by atoms with E-state index in [-0.39, 0.29) is 12.4 Å². The van der Waals surface area contributed by atoms with Crippen molar-refractivity contribution in [2.75, 3.05) is 0 Å². The van der Waals surface area contributed by atoms with Crippen LogP contribution in [0.2, 0.25) is 0 Å². The summed E-state index contributed by atoms with van der Waals surface area (Å²) in [6, 6.07) is 0. The fourth-order valence-electron chi connectivity index (χ4n) is 0.418. The Kier molecular flexibility index (Phi) is 4.06. The summed E-state index contributed by atoms with van der Waals surface area (Å²) < 4.78 is 0. The second kappa shape index (κ2) is 4.29. The number of halogens is 1. The van der Waals surface area contributed by atoms with E-state index in [1.54, 1.807) is 0 Å². The smallest absolute Gasteiger partial charge is 0.202 e. The van der Waals surface area contributed by atoms with E-state index in [0.717, 1.165) is 5.70 Å². The van der Waals surface area contributed by atoms with E-state index in [4.69, 9.17) is 5.84 Å². The Hall–Kier alpha value is -0.550. The van der Waals surface area contributed by atoms with Crippen molar-refractivity contribution >= 4 is 29.3 Å². The highest BCUT2D eigenvalue weighted by molar-refractivity contribution is 8.16. The molecule has 0 aromatic heterocycles. The number of nitrogens with zero attached hydrogens (tertiary/aromatic N) is 1. The van der Waals surface area contributed by atoms with Gasteiger partial charge in [-0.15, -0.1) is 12.4 Å². The first-order chi connectivity index (χ1) is 4.33. The highest BCUT2D eigenvalue weighted by Gasteiger charge is 2.01. The first-order valence-corrected chi connectivity index (χ1v) is 3.34. The van der Waals surface area contributed by atoms with Crippen LogP contribution in [0.25, 0.3) is 0 Å². The molecule has 0 saturated heterocycles. The SMILES string of the molecule is CC1=CS/C(=N/N)NN1.Cl. The molecular formula is C4H9ClN4S. The highest BCUT2D eigenvalue weighted by atomic mass is 35.5. The van der Waals surface area contributed by atoms with Crippen LogP contribution in [-0.4, -0.2) is 5.17 Å². The molecule has 0 saturated carbocycles. The molecule has 1 aliphatic rings. The fourth-order valence-corrected chi connectivity index (χ4v) is 0.936. The van der Waals surface area contributed by atoms with Crippen molar-refractivity contribution in [1.82, 2.24) is 10.9 Å². The minimum atomic E-state index is 0. The molecule has 4 nitrogen and oxygen atoms in total. The first-order valence-electron chi connectivity index (χ1n) is 2.46. The molecule has 1 aliphatic heterocycles. The van der Waals surface area contributed by atoms with Crippen LogP contribution in [0.5, 0.6) is 0 Å². The van der Waals surface area contributed by atoms with Crippen molar-refractivity contribution in [2.24, 2.45) is 10.9 Å². The van der Waals surface area contributed by atoms with Crippen molar-refractivity contribution in [3.8, 4) is 0 Å². The van der Waals surface area contributed by atoms with Crippen LogP contribution in [0.1, 0.15) is 6.92 Å². The lowest BCUT2D eigenvalue weighted by molar-refractivity contribution is 0.769. The van der Waals surface area contributed by atoms with Crippen molar-refractivity contribution in [2.45, 2.75) is 6.92 Å². The van der Waals surface area contributed by atoms with E-state index in [1.165, 1.54) is 11.8 Å². The third-order valence-corrected chi connectivity index (χ3v) is 1.73. The fraction of sp³-hybridized carbons (Fsp3) is 0.250. The third-order valence-electron chi connectivity index (χ3n) is 0.831. The van der Waals surface area contributed by atoms with Gasteiger partial charge in [0, 0.05) is 5.70 Å². The number of hydrazine groups is 1. The molecule has 0 unspecified atom stereocenters. The molecule has 10 heavy (non-hydrogen) atoms. The van der Waals surface area contributed by atoms with Crippen LogP contribution in [0.15, 0.2) is 16.2 Å². The Bertz CT molecular complexity index is 167. The van der Waals surface area contributed by atoms with Gasteiger partial charge in [-0.1, -0.05) is 11.8 Å². The number of hydrogen-bond donors (Lipinski definition) is 3. The van der Waals surface area contributed by atoms with E-state index in [2.05, 4.69) is 16.0 Å². The number of hydrogen-bond acceptors (Lipinski definition) is 4. The molecule has 1 heterocycles. The zero-order chi connectivity index (χ0) is 6.69. The molecule has 0 bridgehead atoms. The second-order valence-corrected chi connectivity index (χ2v) is 2.46. The molecule has 0 amide bonds. The minimum Gasteiger partial charge on any atom is -0.321 e. The maximum absolute atomic E-state index is 4.98. The molecule has 4 N–H and O–H groups in total. The van der Waals surface area contributed by atoms with Gasteiger partial charge in [-0.05, 0) is 12.3 Å². The lowest BCUT2D eigenvalue weighted by Gasteiger charge is -2.14. The number of thioether (sulfide) groups is 1. The van der Waals surface area contributed by atoms with Crippen molar-refractivity contribution in [3.63, 3.8) is 0 Å². The summed E-state index contributed by atoms with van der Waals surface area (Å²) in [5.41, 5.74) is 6.71. The predicted molar refractivity (Wildman–Crippen MR) is 46.5 cm³/mol. The van der Waals surface area contributed by atoms with Crippen molar-refractivity contribution < 1.29 is 0 Å². The van der Waals surface area contributed by atoms with E-state index in [0.29, 0.717) is 5.17 Å². The molecule has 58 valence electrons. The zero-order valence-electron chi connectivity index (χ0n) is 5.42. The van der Waals surface area contributed by atoms with E-state index >= 15 is 0 Å². The van der Waals surface area contributed by atoms with Gasteiger partial charge >= 0.3 is 0 Å². The van der Waals surface area contributed by atoms with Crippen LogP contribution in [0.3, 0.4) is 0 Å². The summed E-state index contributed by atoms with van der Waals surface area (Å²) in [7, 11) is 0. The standard InChI is InChI=1S/C4H8N4S.ClH/c1-3-2-9-4(6-5)8-7-3;/h2,7H,5H2,1H3,(H,6,8);1H.